The highest BCUT2D eigenvalue weighted by Gasteiger charge is 2.16. The van der Waals surface area contributed by atoms with Crippen molar-refractivity contribution in [1.82, 2.24) is 20.5 Å². The fourth-order valence-electron chi connectivity index (χ4n) is 1.35. The standard InChI is InChI=1S/C12H12N4O3S/c1-2-19-12(18)11-15-9(7-20-11)10(17)13-6-8-4-3-5-14-16-8/h3-5,7H,2,6H2,1H3,(H,13,17). The molecule has 0 aromatic carbocycles. The van der Waals surface area contributed by atoms with Crippen molar-refractivity contribution in [1.29, 1.82) is 0 Å². The Hall–Kier alpha value is -2.35. The first kappa shape index (κ1) is 14.1. The minimum atomic E-state index is -0.523. The molecule has 0 radical (unpaired) electrons. The van der Waals surface area contributed by atoms with Crippen LogP contribution in [0.1, 0.15) is 32.9 Å². The van der Waals surface area contributed by atoms with Crippen LogP contribution >= 0.6 is 11.3 Å². The van der Waals surface area contributed by atoms with Gasteiger partial charge in [0, 0.05) is 11.6 Å². The maximum absolute atomic E-state index is 11.8. The van der Waals surface area contributed by atoms with Gasteiger partial charge in [0.25, 0.3) is 5.91 Å². The molecule has 2 aromatic rings. The topological polar surface area (TPSA) is 94.1 Å². The lowest BCUT2D eigenvalue weighted by atomic mass is 10.3. The minimum absolute atomic E-state index is 0.163. The zero-order chi connectivity index (χ0) is 14.4. The molecule has 2 aromatic heterocycles. The van der Waals surface area contributed by atoms with Gasteiger partial charge in [0.05, 0.1) is 18.8 Å². The summed E-state index contributed by atoms with van der Waals surface area (Å²) < 4.78 is 4.81. The van der Waals surface area contributed by atoms with Gasteiger partial charge in [-0.05, 0) is 19.1 Å². The second-order valence-corrected chi connectivity index (χ2v) is 4.51. The van der Waals surface area contributed by atoms with Crippen molar-refractivity contribution in [2.75, 3.05) is 6.61 Å². The van der Waals surface area contributed by atoms with Gasteiger partial charge in [-0.15, -0.1) is 11.3 Å². The molecule has 20 heavy (non-hydrogen) atoms. The van der Waals surface area contributed by atoms with E-state index in [-0.39, 0.29) is 29.8 Å². The molecule has 1 N–H and O–H groups in total. The van der Waals surface area contributed by atoms with Gasteiger partial charge in [-0.3, -0.25) is 4.79 Å². The van der Waals surface area contributed by atoms with Gasteiger partial charge in [0.1, 0.15) is 5.69 Å². The number of hydrogen-bond acceptors (Lipinski definition) is 7. The summed E-state index contributed by atoms with van der Waals surface area (Å²) in [5.41, 5.74) is 0.823. The van der Waals surface area contributed by atoms with E-state index in [0.717, 1.165) is 11.3 Å². The summed E-state index contributed by atoms with van der Waals surface area (Å²) in [6.07, 6.45) is 1.55. The summed E-state index contributed by atoms with van der Waals surface area (Å²) in [6, 6.07) is 3.48. The Balaban J connectivity index is 1.94. The van der Waals surface area contributed by atoms with Crippen molar-refractivity contribution < 1.29 is 14.3 Å². The quantitative estimate of drug-likeness (QED) is 0.827. The van der Waals surface area contributed by atoms with Crippen LogP contribution in [-0.2, 0) is 11.3 Å². The van der Waals surface area contributed by atoms with Gasteiger partial charge >= 0.3 is 5.97 Å². The highest BCUT2D eigenvalue weighted by atomic mass is 32.1. The Kier molecular flexibility index (Phi) is 4.72. The number of amides is 1. The van der Waals surface area contributed by atoms with Crippen LogP contribution in [0.5, 0.6) is 0 Å². The number of ether oxygens (including phenoxy) is 1. The average Bonchev–Trinajstić information content (AvgIpc) is 2.96. The van der Waals surface area contributed by atoms with Crippen LogP contribution in [0.3, 0.4) is 0 Å². The summed E-state index contributed by atoms with van der Waals surface area (Å²) in [5, 5.41) is 11.9. The molecule has 104 valence electrons. The average molecular weight is 292 g/mol. The fourth-order valence-corrected chi connectivity index (χ4v) is 2.04. The Labute approximate surface area is 119 Å². The van der Waals surface area contributed by atoms with E-state index in [2.05, 4.69) is 20.5 Å². The van der Waals surface area contributed by atoms with Gasteiger partial charge in [-0.25, -0.2) is 9.78 Å². The van der Waals surface area contributed by atoms with Crippen molar-refractivity contribution in [3.8, 4) is 0 Å². The molecule has 0 spiro atoms. The zero-order valence-electron chi connectivity index (χ0n) is 10.7. The molecule has 2 rings (SSSR count). The number of rotatable bonds is 5. The SMILES string of the molecule is CCOC(=O)c1nc(C(=O)NCc2cccnn2)cs1. The largest absolute Gasteiger partial charge is 0.461 e. The number of esters is 1. The van der Waals surface area contributed by atoms with E-state index in [1.807, 2.05) is 0 Å². The zero-order valence-corrected chi connectivity index (χ0v) is 11.5. The lowest BCUT2D eigenvalue weighted by Crippen LogP contribution is -2.24. The summed E-state index contributed by atoms with van der Waals surface area (Å²) in [7, 11) is 0. The molecule has 2 heterocycles. The van der Waals surface area contributed by atoms with Crippen LogP contribution in [0.15, 0.2) is 23.7 Å². The monoisotopic (exact) mass is 292 g/mol. The first-order valence-corrected chi connectivity index (χ1v) is 6.76. The van der Waals surface area contributed by atoms with Gasteiger partial charge < -0.3 is 10.1 Å². The highest BCUT2D eigenvalue weighted by molar-refractivity contribution is 7.11. The van der Waals surface area contributed by atoms with Crippen LogP contribution in [-0.4, -0.2) is 33.7 Å². The predicted octanol–water partition coefficient (Wildman–Crippen LogP) is 1.04. The van der Waals surface area contributed by atoms with Crippen molar-refractivity contribution in [3.63, 3.8) is 0 Å². The Morgan fingerprint density at radius 2 is 2.30 bits per heavy atom. The van der Waals surface area contributed by atoms with Crippen molar-refractivity contribution in [3.05, 3.63) is 40.1 Å². The van der Waals surface area contributed by atoms with E-state index >= 15 is 0 Å². The predicted molar refractivity (Wildman–Crippen MR) is 71.3 cm³/mol. The molecule has 0 atom stereocenters. The second kappa shape index (κ2) is 6.71. The van der Waals surface area contributed by atoms with Crippen LogP contribution in [0, 0.1) is 0 Å². The number of carbonyl (C=O) groups excluding carboxylic acids is 2. The van der Waals surface area contributed by atoms with Gasteiger partial charge in [-0.2, -0.15) is 10.2 Å². The molecule has 7 nitrogen and oxygen atoms in total. The molecule has 0 saturated heterocycles. The fraction of sp³-hybridized carbons (Fsp3) is 0.250. The summed E-state index contributed by atoms with van der Waals surface area (Å²) in [6.45, 7) is 2.23. The third kappa shape index (κ3) is 3.58. The molecular weight excluding hydrogens is 280 g/mol. The first-order valence-electron chi connectivity index (χ1n) is 5.88. The maximum atomic E-state index is 11.8. The highest BCUT2D eigenvalue weighted by Crippen LogP contribution is 2.11. The first-order chi connectivity index (χ1) is 9.70. The van der Waals surface area contributed by atoms with E-state index in [9.17, 15) is 9.59 Å². The van der Waals surface area contributed by atoms with E-state index in [4.69, 9.17) is 4.74 Å². The molecule has 0 fully saturated rings. The molecule has 0 aliphatic rings. The minimum Gasteiger partial charge on any atom is -0.461 e. The number of hydrogen-bond donors (Lipinski definition) is 1. The van der Waals surface area contributed by atoms with E-state index < -0.39 is 5.97 Å². The molecule has 0 unspecified atom stereocenters. The van der Waals surface area contributed by atoms with Crippen LogP contribution in [0.2, 0.25) is 0 Å². The molecule has 0 saturated carbocycles. The van der Waals surface area contributed by atoms with Crippen molar-refractivity contribution in [2.24, 2.45) is 0 Å². The number of nitrogens with one attached hydrogen (secondary N) is 1. The summed E-state index contributed by atoms with van der Waals surface area (Å²) >= 11 is 1.07. The lowest BCUT2D eigenvalue weighted by molar-refractivity contribution is 0.0526. The normalized spacial score (nSPS) is 10.1. The van der Waals surface area contributed by atoms with Gasteiger partial charge in [-0.1, -0.05) is 0 Å². The Bertz CT molecular complexity index is 600. The number of carbonyl (C=O) groups is 2. The third-order valence-corrected chi connectivity index (χ3v) is 3.07. The lowest BCUT2D eigenvalue weighted by Gasteiger charge is -2.01. The number of nitrogens with zero attached hydrogens (tertiary/aromatic N) is 3. The van der Waals surface area contributed by atoms with Crippen LogP contribution < -0.4 is 5.32 Å². The number of thiazole rings is 1. The summed E-state index contributed by atoms with van der Waals surface area (Å²) in [5.74, 6) is -0.895. The summed E-state index contributed by atoms with van der Waals surface area (Å²) in [4.78, 5) is 27.2. The number of aromatic nitrogens is 3. The molecule has 0 aliphatic heterocycles. The van der Waals surface area contributed by atoms with E-state index in [1.165, 1.54) is 5.38 Å². The maximum Gasteiger partial charge on any atom is 0.367 e. The van der Waals surface area contributed by atoms with Crippen molar-refractivity contribution >= 4 is 23.2 Å². The van der Waals surface area contributed by atoms with E-state index in [0.29, 0.717) is 5.69 Å². The second-order valence-electron chi connectivity index (χ2n) is 3.66. The van der Waals surface area contributed by atoms with Gasteiger partial charge in [0.2, 0.25) is 5.01 Å². The van der Waals surface area contributed by atoms with Crippen LogP contribution in [0.25, 0.3) is 0 Å². The molecule has 8 heteroatoms. The Morgan fingerprint density at radius 1 is 1.45 bits per heavy atom. The molecular formula is C12H12N4O3S. The Morgan fingerprint density at radius 3 is 3.00 bits per heavy atom. The van der Waals surface area contributed by atoms with Gasteiger partial charge in [0.15, 0.2) is 0 Å². The van der Waals surface area contributed by atoms with E-state index in [1.54, 1.807) is 25.3 Å². The molecule has 0 aliphatic carbocycles. The third-order valence-electron chi connectivity index (χ3n) is 2.24. The van der Waals surface area contributed by atoms with Crippen LogP contribution in [0.4, 0.5) is 0 Å². The molecule has 0 bridgehead atoms. The smallest absolute Gasteiger partial charge is 0.367 e. The molecule has 1 amide bonds. The van der Waals surface area contributed by atoms with Crippen molar-refractivity contribution in [2.45, 2.75) is 13.5 Å².